The van der Waals surface area contributed by atoms with Gasteiger partial charge in [-0.1, -0.05) is 0 Å². The summed E-state index contributed by atoms with van der Waals surface area (Å²) in [5.41, 5.74) is 0.895. The third-order valence-corrected chi connectivity index (χ3v) is 5.57. The van der Waals surface area contributed by atoms with E-state index < -0.39 is 16.0 Å². The Hall–Kier alpha value is -1.15. The maximum atomic E-state index is 12.7. The number of aryl methyl sites for hydroxylation is 1. The molecule has 8 heteroatoms. The van der Waals surface area contributed by atoms with Crippen LogP contribution in [0.15, 0.2) is 23.1 Å². The maximum absolute atomic E-state index is 12.7. The Kier molecular flexibility index (Phi) is 6.37. The van der Waals surface area contributed by atoms with Crippen molar-refractivity contribution in [2.75, 3.05) is 26.7 Å². The van der Waals surface area contributed by atoms with E-state index in [0.717, 1.165) is 0 Å². The van der Waals surface area contributed by atoms with Crippen LogP contribution in [0.4, 0.5) is 0 Å². The van der Waals surface area contributed by atoms with Gasteiger partial charge in [-0.05, 0) is 37.6 Å². The fourth-order valence-corrected chi connectivity index (χ4v) is 4.17. The van der Waals surface area contributed by atoms with Gasteiger partial charge in [0.25, 0.3) is 0 Å². The van der Waals surface area contributed by atoms with Gasteiger partial charge in [-0.25, -0.2) is 13.2 Å². The topological polar surface area (TPSA) is 75.7 Å². The molecule has 22 heavy (non-hydrogen) atoms. The maximum Gasteiger partial charge on any atom is 0.337 e. The van der Waals surface area contributed by atoms with Gasteiger partial charge in [0, 0.05) is 25.7 Å². The van der Waals surface area contributed by atoms with E-state index in [4.69, 9.17) is 0 Å². The van der Waals surface area contributed by atoms with Crippen molar-refractivity contribution in [3.05, 3.63) is 29.3 Å². The van der Waals surface area contributed by atoms with Crippen LogP contribution >= 0.6 is 12.4 Å². The highest BCUT2D eigenvalue weighted by atomic mass is 35.5. The summed E-state index contributed by atoms with van der Waals surface area (Å²) in [4.78, 5) is 11.7. The Morgan fingerprint density at radius 3 is 2.64 bits per heavy atom. The molecule has 0 aromatic heterocycles. The number of nitrogens with zero attached hydrogens (tertiary/aromatic N) is 1. The number of halogens is 1. The van der Waals surface area contributed by atoms with E-state index in [9.17, 15) is 13.2 Å². The number of esters is 1. The quantitative estimate of drug-likeness (QED) is 0.830. The molecule has 1 aromatic carbocycles. The summed E-state index contributed by atoms with van der Waals surface area (Å²) in [6.45, 7) is 5.17. The average Bonchev–Trinajstić information content (AvgIpc) is 2.46. The molecule has 1 saturated heterocycles. The van der Waals surface area contributed by atoms with Crippen LogP contribution < -0.4 is 5.32 Å². The second-order valence-corrected chi connectivity index (χ2v) is 7.10. The number of piperazine rings is 1. The molecule has 0 amide bonds. The zero-order valence-electron chi connectivity index (χ0n) is 12.8. The van der Waals surface area contributed by atoms with Gasteiger partial charge in [0.1, 0.15) is 0 Å². The summed E-state index contributed by atoms with van der Waals surface area (Å²) in [6, 6.07) is 4.63. The molecule has 0 spiro atoms. The molecule has 0 bridgehead atoms. The normalized spacial score (nSPS) is 19.3. The Balaban J connectivity index is 0.00000242. The highest BCUT2D eigenvalue weighted by Crippen LogP contribution is 2.22. The van der Waals surface area contributed by atoms with Gasteiger partial charge in [-0.15, -0.1) is 12.4 Å². The van der Waals surface area contributed by atoms with Crippen LogP contribution in [-0.2, 0) is 14.8 Å². The minimum atomic E-state index is -3.53. The molecule has 1 N–H and O–H groups in total. The number of ether oxygens (including phenoxy) is 1. The lowest BCUT2D eigenvalue weighted by Gasteiger charge is -2.31. The van der Waals surface area contributed by atoms with Crippen molar-refractivity contribution in [1.29, 1.82) is 0 Å². The van der Waals surface area contributed by atoms with Crippen LogP contribution in [0.5, 0.6) is 0 Å². The summed E-state index contributed by atoms with van der Waals surface area (Å²) >= 11 is 0. The molecular weight excluding hydrogens is 328 g/mol. The van der Waals surface area contributed by atoms with Crippen LogP contribution in [0.1, 0.15) is 22.8 Å². The third-order valence-electron chi connectivity index (χ3n) is 3.55. The first-order valence-electron chi connectivity index (χ1n) is 6.78. The van der Waals surface area contributed by atoms with Crippen molar-refractivity contribution in [2.24, 2.45) is 0 Å². The number of benzene rings is 1. The number of methoxy groups -OCH3 is 1. The lowest BCUT2D eigenvalue weighted by Crippen LogP contribution is -2.51. The number of hydrogen-bond donors (Lipinski definition) is 1. The zero-order chi connectivity index (χ0) is 15.6. The number of sulfonamides is 1. The van der Waals surface area contributed by atoms with Gasteiger partial charge >= 0.3 is 5.97 Å². The monoisotopic (exact) mass is 348 g/mol. The molecule has 6 nitrogen and oxygen atoms in total. The van der Waals surface area contributed by atoms with E-state index in [-0.39, 0.29) is 23.3 Å². The minimum absolute atomic E-state index is 0. The smallest absolute Gasteiger partial charge is 0.337 e. The van der Waals surface area contributed by atoms with Crippen molar-refractivity contribution in [3.63, 3.8) is 0 Å². The van der Waals surface area contributed by atoms with Crippen molar-refractivity contribution in [2.45, 2.75) is 24.8 Å². The molecule has 1 unspecified atom stereocenters. The molecule has 1 aliphatic heterocycles. The predicted molar refractivity (Wildman–Crippen MR) is 86.0 cm³/mol. The van der Waals surface area contributed by atoms with Gasteiger partial charge in [0.2, 0.25) is 10.0 Å². The van der Waals surface area contributed by atoms with Gasteiger partial charge in [0.15, 0.2) is 0 Å². The first-order valence-corrected chi connectivity index (χ1v) is 8.22. The molecule has 0 radical (unpaired) electrons. The average molecular weight is 349 g/mol. The van der Waals surface area contributed by atoms with E-state index >= 15 is 0 Å². The number of carbonyl (C=O) groups excluding carboxylic acids is 1. The largest absolute Gasteiger partial charge is 0.465 e. The van der Waals surface area contributed by atoms with E-state index in [1.807, 2.05) is 6.92 Å². The van der Waals surface area contributed by atoms with E-state index in [2.05, 4.69) is 10.1 Å². The predicted octanol–water partition coefficient (Wildman–Crippen LogP) is 1.19. The summed E-state index contributed by atoms with van der Waals surface area (Å²) in [5.74, 6) is -0.474. The van der Waals surface area contributed by atoms with Gasteiger partial charge in [0.05, 0.1) is 17.6 Å². The fraction of sp³-hybridized carbons (Fsp3) is 0.500. The highest BCUT2D eigenvalue weighted by Gasteiger charge is 2.29. The van der Waals surface area contributed by atoms with Crippen LogP contribution in [0.3, 0.4) is 0 Å². The molecule has 124 valence electrons. The lowest BCUT2D eigenvalue weighted by atomic mass is 10.1. The van der Waals surface area contributed by atoms with Crippen LogP contribution in [0.25, 0.3) is 0 Å². The van der Waals surface area contributed by atoms with E-state index in [1.165, 1.54) is 23.5 Å². The Labute approximate surface area is 137 Å². The highest BCUT2D eigenvalue weighted by molar-refractivity contribution is 7.89. The van der Waals surface area contributed by atoms with Gasteiger partial charge in [-0.3, -0.25) is 0 Å². The Morgan fingerprint density at radius 2 is 2.09 bits per heavy atom. The van der Waals surface area contributed by atoms with E-state index in [0.29, 0.717) is 30.8 Å². The first kappa shape index (κ1) is 18.9. The summed E-state index contributed by atoms with van der Waals surface area (Å²) < 4.78 is 31.5. The first-order chi connectivity index (χ1) is 9.86. The second-order valence-electron chi connectivity index (χ2n) is 5.19. The SMILES string of the molecule is COC(=O)c1ccc(S(=O)(=O)N2CCNC(C)C2)c(C)c1.Cl. The molecule has 1 aromatic rings. The van der Waals surface area contributed by atoms with E-state index in [1.54, 1.807) is 13.0 Å². The van der Waals surface area contributed by atoms with Crippen LogP contribution in [-0.4, -0.2) is 51.5 Å². The number of nitrogens with one attached hydrogen (secondary N) is 1. The van der Waals surface area contributed by atoms with Crippen LogP contribution in [0.2, 0.25) is 0 Å². The molecular formula is C14H21ClN2O4S. The van der Waals surface area contributed by atoms with Crippen molar-refractivity contribution >= 4 is 28.4 Å². The Bertz CT molecular complexity index is 648. The molecule has 1 heterocycles. The van der Waals surface area contributed by atoms with Crippen LogP contribution in [0, 0.1) is 6.92 Å². The number of hydrogen-bond acceptors (Lipinski definition) is 5. The minimum Gasteiger partial charge on any atom is -0.465 e. The lowest BCUT2D eigenvalue weighted by molar-refractivity contribution is 0.0600. The number of rotatable bonds is 3. The summed E-state index contributed by atoms with van der Waals surface area (Å²) in [7, 11) is -2.24. The Morgan fingerprint density at radius 1 is 1.41 bits per heavy atom. The fourth-order valence-electron chi connectivity index (χ4n) is 2.44. The summed E-state index contributed by atoms with van der Waals surface area (Å²) in [5, 5.41) is 3.21. The molecule has 1 fully saturated rings. The van der Waals surface area contributed by atoms with Crippen molar-refractivity contribution in [1.82, 2.24) is 9.62 Å². The van der Waals surface area contributed by atoms with Crippen molar-refractivity contribution in [3.8, 4) is 0 Å². The summed E-state index contributed by atoms with van der Waals surface area (Å²) in [6.07, 6.45) is 0. The standard InChI is InChI=1S/C14H20N2O4S.ClH/c1-10-8-12(14(17)20-3)4-5-13(10)21(18,19)16-7-6-15-11(2)9-16;/h4-5,8,11,15H,6-7,9H2,1-3H3;1H. The molecule has 1 aliphatic rings. The van der Waals surface area contributed by atoms with Gasteiger partial charge in [-0.2, -0.15) is 4.31 Å². The van der Waals surface area contributed by atoms with Gasteiger partial charge < -0.3 is 10.1 Å². The van der Waals surface area contributed by atoms with Crippen molar-refractivity contribution < 1.29 is 17.9 Å². The number of carbonyl (C=O) groups is 1. The second kappa shape index (κ2) is 7.41. The zero-order valence-corrected chi connectivity index (χ0v) is 14.5. The third kappa shape index (κ3) is 3.78. The molecule has 0 aliphatic carbocycles. The molecule has 2 rings (SSSR count). The molecule has 1 atom stereocenters. The molecule has 0 saturated carbocycles.